The molecule has 0 aliphatic carbocycles. The van der Waals surface area contributed by atoms with E-state index < -0.39 is 0 Å². The van der Waals surface area contributed by atoms with Gasteiger partial charge in [0.2, 0.25) is 0 Å². The molecule has 0 bridgehead atoms. The maximum absolute atomic E-state index is 13.5. The topological polar surface area (TPSA) is 47.3 Å². The fraction of sp³-hybridized carbons (Fsp3) is 0.143. The van der Waals surface area contributed by atoms with E-state index in [0.29, 0.717) is 29.4 Å². The second kappa shape index (κ2) is 5.40. The molecule has 2 aromatic carbocycles. The number of hydrogen-bond donors (Lipinski definition) is 2. The van der Waals surface area contributed by atoms with Gasteiger partial charge in [0, 0.05) is 0 Å². The van der Waals surface area contributed by atoms with Crippen LogP contribution >= 0.6 is 0 Å². The summed E-state index contributed by atoms with van der Waals surface area (Å²) in [6.45, 7) is 2.42. The third-order valence-electron chi connectivity index (χ3n) is 2.51. The van der Waals surface area contributed by atoms with Crippen molar-refractivity contribution in [1.82, 2.24) is 0 Å². The molecule has 0 saturated heterocycles. The first kappa shape index (κ1) is 12.2. The molecule has 0 aliphatic rings. The van der Waals surface area contributed by atoms with Gasteiger partial charge in [-0.2, -0.15) is 0 Å². The van der Waals surface area contributed by atoms with Gasteiger partial charge in [0.05, 0.1) is 23.7 Å². The molecular formula is C14H15FN2O. The molecule has 0 heterocycles. The van der Waals surface area contributed by atoms with E-state index in [0.717, 1.165) is 0 Å². The number of nitrogen functional groups attached to an aromatic ring is 1. The largest absolute Gasteiger partial charge is 0.492 e. The van der Waals surface area contributed by atoms with Crippen LogP contribution in [0, 0.1) is 5.82 Å². The van der Waals surface area contributed by atoms with Crippen molar-refractivity contribution in [3.63, 3.8) is 0 Å². The summed E-state index contributed by atoms with van der Waals surface area (Å²) in [5.74, 6) is 0.276. The number of halogens is 1. The van der Waals surface area contributed by atoms with E-state index >= 15 is 0 Å². The zero-order chi connectivity index (χ0) is 13.0. The van der Waals surface area contributed by atoms with Gasteiger partial charge in [-0.25, -0.2) is 4.39 Å². The van der Waals surface area contributed by atoms with Crippen molar-refractivity contribution in [3.8, 4) is 5.75 Å². The Kier molecular flexibility index (Phi) is 3.67. The molecule has 0 aliphatic heterocycles. The van der Waals surface area contributed by atoms with Gasteiger partial charge in [-0.3, -0.25) is 0 Å². The summed E-state index contributed by atoms with van der Waals surface area (Å²) >= 11 is 0. The fourth-order valence-electron chi connectivity index (χ4n) is 1.64. The summed E-state index contributed by atoms with van der Waals surface area (Å²) in [5, 5.41) is 2.96. The molecule has 0 unspecified atom stereocenters. The summed E-state index contributed by atoms with van der Waals surface area (Å²) in [5.41, 5.74) is 7.45. The lowest BCUT2D eigenvalue weighted by atomic mass is 10.2. The number of nitrogens with two attached hydrogens (primary N) is 1. The fourth-order valence-corrected chi connectivity index (χ4v) is 1.64. The summed E-state index contributed by atoms with van der Waals surface area (Å²) in [6.07, 6.45) is 0. The quantitative estimate of drug-likeness (QED) is 0.811. The van der Waals surface area contributed by atoms with Crippen molar-refractivity contribution < 1.29 is 9.13 Å². The van der Waals surface area contributed by atoms with Gasteiger partial charge in [0.15, 0.2) is 0 Å². The molecule has 18 heavy (non-hydrogen) atoms. The highest BCUT2D eigenvalue weighted by molar-refractivity contribution is 5.77. The van der Waals surface area contributed by atoms with Crippen molar-refractivity contribution in [1.29, 1.82) is 0 Å². The van der Waals surface area contributed by atoms with Crippen LogP contribution in [0.4, 0.5) is 21.5 Å². The Labute approximate surface area is 105 Å². The summed E-state index contributed by atoms with van der Waals surface area (Å²) in [7, 11) is 0. The molecular weight excluding hydrogens is 231 g/mol. The number of rotatable bonds is 4. The first-order chi connectivity index (χ1) is 8.72. The van der Waals surface area contributed by atoms with Crippen LogP contribution in [0.2, 0.25) is 0 Å². The third kappa shape index (κ3) is 2.53. The molecule has 2 rings (SSSR count). The Hall–Kier alpha value is -2.23. The second-order valence-electron chi connectivity index (χ2n) is 3.76. The van der Waals surface area contributed by atoms with Crippen molar-refractivity contribution in [2.45, 2.75) is 6.92 Å². The van der Waals surface area contributed by atoms with Gasteiger partial charge in [-0.1, -0.05) is 18.2 Å². The van der Waals surface area contributed by atoms with Crippen LogP contribution in [-0.4, -0.2) is 6.61 Å². The Balaban J connectivity index is 2.30. The Bertz CT molecular complexity index is 543. The van der Waals surface area contributed by atoms with Crippen molar-refractivity contribution in [2.24, 2.45) is 0 Å². The average Bonchev–Trinajstić information content (AvgIpc) is 2.37. The molecule has 0 atom stereocenters. The molecule has 3 N–H and O–H groups in total. The Morgan fingerprint density at radius 1 is 1.11 bits per heavy atom. The predicted octanol–water partition coefficient (Wildman–Crippen LogP) is 3.55. The van der Waals surface area contributed by atoms with Crippen LogP contribution in [0.15, 0.2) is 42.5 Å². The molecule has 3 nitrogen and oxygen atoms in total. The van der Waals surface area contributed by atoms with Crippen molar-refractivity contribution in [3.05, 3.63) is 48.3 Å². The van der Waals surface area contributed by atoms with Gasteiger partial charge in [-0.15, -0.1) is 0 Å². The molecule has 0 radical (unpaired) electrons. The molecule has 0 spiro atoms. The van der Waals surface area contributed by atoms with Crippen LogP contribution in [0.5, 0.6) is 5.75 Å². The first-order valence-corrected chi connectivity index (χ1v) is 5.75. The minimum atomic E-state index is -0.321. The lowest BCUT2D eigenvalue weighted by Gasteiger charge is -2.13. The lowest BCUT2D eigenvalue weighted by Crippen LogP contribution is -2.01. The van der Waals surface area contributed by atoms with Crippen LogP contribution in [0.25, 0.3) is 0 Å². The minimum Gasteiger partial charge on any atom is -0.492 e. The van der Waals surface area contributed by atoms with Crippen LogP contribution < -0.4 is 15.8 Å². The zero-order valence-electron chi connectivity index (χ0n) is 10.1. The van der Waals surface area contributed by atoms with Gasteiger partial charge in [0.25, 0.3) is 0 Å². The summed E-state index contributed by atoms with van der Waals surface area (Å²) in [6, 6.07) is 11.8. The van der Waals surface area contributed by atoms with E-state index in [4.69, 9.17) is 10.5 Å². The molecule has 0 fully saturated rings. The maximum atomic E-state index is 13.5. The van der Waals surface area contributed by atoms with Crippen LogP contribution in [-0.2, 0) is 0 Å². The van der Waals surface area contributed by atoms with Crippen LogP contribution in [0.1, 0.15) is 6.92 Å². The summed E-state index contributed by atoms with van der Waals surface area (Å²) < 4.78 is 18.9. The highest BCUT2D eigenvalue weighted by Gasteiger charge is 2.07. The predicted molar refractivity (Wildman–Crippen MR) is 71.7 cm³/mol. The first-order valence-electron chi connectivity index (χ1n) is 5.75. The van der Waals surface area contributed by atoms with Crippen molar-refractivity contribution in [2.75, 3.05) is 17.7 Å². The lowest BCUT2D eigenvalue weighted by molar-refractivity contribution is 0.342. The Morgan fingerprint density at radius 2 is 1.83 bits per heavy atom. The number of anilines is 3. The van der Waals surface area contributed by atoms with Crippen molar-refractivity contribution >= 4 is 17.1 Å². The standard InChI is InChI=1S/C14H15FN2O/c1-2-18-13-9-5-8-12(14(13)16)17-11-7-4-3-6-10(11)15/h3-9,17H,2,16H2,1H3. The number of ether oxygens (including phenoxy) is 1. The minimum absolute atomic E-state index is 0.321. The monoisotopic (exact) mass is 246 g/mol. The average molecular weight is 246 g/mol. The SMILES string of the molecule is CCOc1cccc(Nc2ccccc2F)c1N. The highest BCUT2D eigenvalue weighted by Crippen LogP contribution is 2.32. The zero-order valence-corrected chi connectivity index (χ0v) is 10.1. The van der Waals surface area contributed by atoms with E-state index in [2.05, 4.69) is 5.32 Å². The smallest absolute Gasteiger partial charge is 0.146 e. The molecule has 2 aromatic rings. The number of benzene rings is 2. The van der Waals surface area contributed by atoms with Gasteiger partial charge >= 0.3 is 0 Å². The van der Waals surface area contributed by atoms with Gasteiger partial charge < -0.3 is 15.8 Å². The molecule has 0 saturated carbocycles. The molecule has 4 heteroatoms. The number of hydrogen-bond acceptors (Lipinski definition) is 3. The van der Waals surface area contributed by atoms with E-state index in [1.807, 2.05) is 13.0 Å². The van der Waals surface area contributed by atoms with E-state index in [-0.39, 0.29) is 5.82 Å². The number of para-hydroxylation sites is 2. The third-order valence-corrected chi connectivity index (χ3v) is 2.51. The molecule has 0 amide bonds. The van der Waals surface area contributed by atoms with Crippen LogP contribution in [0.3, 0.4) is 0 Å². The summed E-state index contributed by atoms with van der Waals surface area (Å²) in [4.78, 5) is 0. The normalized spacial score (nSPS) is 10.1. The maximum Gasteiger partial charge on any atom is 0.146 e. The molecule has 0 aromatic heterocycles. The van der Waals surface area contributed by atoms with E-state index in [1.165, 1.54) is 6.07 Å². The van der Waals surface area contributed by atoms with Gasteiger partial charge in [-0.05, 0) is 31.2 Å². The Morgan fingerprint density at radius 3 is 2.56 bits per heavy atom. The number of nitrogens with one attached hydrogen (secondary N) is 1. The van der Waals surface area contributed by atoms with E-state index in [9.17, 15) is 4.39 Å². The molecule has 94 valence electrons. The highest BCUT2D eigenvalue weighted by atomic mass is 19.1. The van der Waals surface area contributed by atoms with Gasteiger partial charge in [0.1, 0.15) is 11.6 Å². The second-order valence-corrected chi connectivity index (χ2v) is 3.76. The van der Waals surface area contributed by atoms with E-state index in [1.54, 1.807) is 30.3 Å².